The van der Waals surface area contributed by atoms with Gasteiger partial charge in [-0.05, 0) is 17.7 Å². The molecule has 0 atom stereocenters. The Labute approximate surface area is 112 Å². The van der Waals surface area contributed by atoms with Crippen molar-refractivity contribution in [2.75, 3.05) is 7.11 Å². The minimum Gasteiger partial charge on any atom is -0.497 e. The molecule has 102 valence electrons. The fraction of sp³-hybridized carbons (Fsp3) is 0.250. The van der Waals surface area contributed by atoms with E-state index in [-0.39, 0.29) is 11.6 Å². The molecule has 6 nitrogen and oxygen atoms in total. The van der Waals surface area contributed by atoms with Gasteiger partial charge in [0, 0.05) is 19.8 Å². The van der Waals surface area contributed by atoms with Crippen molar-refractivity contribution in [3.05, 3.63) is 42.4 Å². The SMILES string of the molecule is COc1ccc(CNS(=O)(=O)c2cn(C)cn2)cc1. The lowest BCUT2D eigenvalue weighted by atomic mass is 10.2. The zero-order chi connectivity index (χ0) is 13.9. The van der Waals surface area contributed by atoms with E-state index < -0.39 is 10.0 Å². The van der Waals surface area contributed by atoms with Crippen molar-refractivity contribution in [3.8, 4) is 5.75 Å². The fourth-order valence-electron chi connectivity index (χ4n) is 1.52. The minimum atomic E-state index is -3.57. The highest BCUT2D eigenvalue weighted by Gasteiger charge is 2.16. The van der Waals surface area contributed by atoms with Gasteiger partial charge in [-0.1, -0.05) is 12.1 Å². The van der Waals surface area contributed by atoms with Crippen LogP contribution in [0.5, 0.6) is 5.75 Å². The van der Waals surface area contributed by atoms with Crippen molar-refractivity contribution < 1.29 is 13.2 Å². The summed E-state index contributed by atoms with van der Waals surface area (Å²) in [6, 6.07) is 7.17. The molecule has 1 heterocycles. The molecule has 1 N–H and O–H groups in total. The summed E-state index contributed by atoms with van der Waals surface area (Å²) in [5.41, 5.74) is 0.848. The van der Waals surface area contributed by atoms with Crippen LogP contribution < -0.4 is 9.46 Å². The molecular weight excluding hydrogens is 266 g/mol. The van der Waals surface area contributed by atoms with Gasteiger partial charge in [0.1, 0.15) is 5.75 Å². The largest absolute Gasteiger partial charge is 0.497 e. The third kappa shape index (κ3) is 3.33. The van der Waals surface area contributed by atoms with E-state index in [0.29, 0.717) is 0 Å². The van der Waals surface area contributed by atoms with Gasteiger partial charge in [0.05, 0.1) is 13.4 Å². The van der Waals surface area contributed by atoms with E-state index in [1.807, 2.05) is 0 Å². The van der Waals surface area contributed by atoms with Crippen molar-refractivity contribution in [1.29, 1.82) is 0 Å². The molecule has 0 amide bonds. The lowest BCUT2D eigenvalue weighted by Crippen LogP contribution is -2.23. The van der Waals surface area contributed by atoms with Gasteiger partial charge in [-0.15, -0.1) is 0 Å². The van der Waals surface area contributed by atoms with E-state index in [1.165, 1.54) is 12.5 Å². The number of rotatable bonds is 5. The van der Waals surface area contributed by atoms with E-state index >= 15 is 0 Å². The predicted octanol–water partition coefficient (Wildman–Crippen LogP) is 0.907. The summed E-state index contributed by atoms with van der Waals surface area (Å²) in [6.45, 7) is 0.211. The van der Waals surface area contributed by atoms with Gasteiger partial charge >= 0.3 is 0 Å². The molecule has 0 bridgehead atoms. The first-order valence-corrected chi connectivity index (χ1v) is 7.10. The minimum absolute atomic E-state index is 0.0171. The average molecular weight is 281 g/mol. The topological polar surface area (TPSA) is 73.2 Å². The van der Waals surface area contributed by atoms with Crippen LogP contribution in [0.3, 0.4) is 0 Å². The Morgan fingerprint density at radius 2 is 2.00 bits per heavy atom. The van der Waals surface area contributed by atoms with Crippen molar-refractivity contribution in [3.63, 3.8) is 0 Å². The third-order valence-corrected chi connectivity index (χ3v) is 3.87. The maximum atomic E-state index is 11.9. The first-order valence-electron chi connectivity index (χ1n) is 5.62. The third-order valence-electron chi connectivity index (χ3n) is 2.58. The highest BCUT2D eigenvalue weighted by Crippen LogP contribution is 2.12. The number of methoxy groups -OCH3 is 1. The summed E-state index contributed by atoms with van der Waals surface area (Å²) in [6.07, 6.45) is 2.90. The van der Waals surface area contributed by atoms with Gasteiger partial charge in [0.2, 0.25) is 0 Å². The van der Waals surface area contributed by atoms with Gasteiger partial charge in [-0.25, -0.2) is 18.1 Å². The normalized spacial score (nSPS) is 11.5. The fourth-order valence-corrected chi connectivity index (χ4v) is 2.52. The van der Waals surface area contributed by atoms with Crippen LogP contribution in [0.2, 0.25) is 0 Å². The number of hydrogen-bond donors (Lipinski definition) is 1. The molecule has 0 aliphatic carbocycles. The number of nitrogens with one attached hydrogen (secondary N) is 1. The number of sulfonamides is 1. The van der Waals surface area contributed by atoms with Gasteiger partial charge in [-0.2, -0.15) is 0 Å². The molecule has 0 saturated carbocycles. The highest BCUT2D eigenvalue weighted by molar-refractivity contribution is 7.89. The Bertz CT molecular complexity index is 647. The van der Waals surface area contributed by atoms with Gasteiger partial charge < -0.3 is 9.30 Å². The molecule has 1 aromatic carbocycles. The summed E-state index contributed by atoms with van der Waals surface area (Å²) < 4.78 is 33.0. The first kappa shape index (κ1) is 13.6. The van der Waals surface area contributed by atoms with Crippen molar-refractivity contribution in [2.24, 2.45) is 7.05 Å². The molecule has 7 heteroatoms. The Hall–Kier alpha value is -1.86. The van der Waals surface area contributed by atoms with Crippen molar-refractivity contribution in [1.82, 2.24) is 14.3 Å². The Kier molecular flexibility index (Phi) is 3.87. The number of aromatic nitrogens is 2. The molecule has 0 spiro atoms. The van der Waals surface area contributed by atoms with Gasteiger partial charge in [0.15, 0.2) is 5.03 Å². The van der Waals surface area contributed by atoms with Crippen LogP contribution in [0, 0.1) is 0 Å². The van der Waals surface area contributed by atoms with Gasteiger partial charge in [0.25, 0.3) is 10.0 Å². The molecule has 0 fully saturated rings. The molecular formula is C12H15N3O3S. The molecule has 0 aliphatic rings. The average Bonchev–Trinajstić information content (AvgIpc) is 2.85. The zero-order valence-corrected chi connectivity index (χ0v) is 11.5. The molecule has 1 aromatic heterocycles. The highest BCUT2D eigenvalue weighted by atomic mass is 32.2. The van der Waals surface area contributed by atoms with E-state index in [1.54, 1.807) is 43.0 Å². The van der Waals surface area contributed by atoms with E-state index in [9.17, 15) is 8.42 Å². The maximum Gasteiger partial charge on any atom is 0.259 e. The monoisotopic (exact) mass is 281 g/mol. The smallest absolute Gasteiger partial charge is 0.259 e. The maximum absolute atomic E-state index is 11.9. The van der Waals surface area contributed by atoms with Crippen LogP contribution in [0.1, 0.15) is 5.56 Å². The summed E-state index contributed by atoms with van der Waals surface area (Å²) in [5, 5.41) is 0.0171. The van der Waals surface area contributed by atoms with Crippen LogP contribution in [0.25, 0.3) is 0 Å². The van der Waals surface area contributed by atoms with Crippen LogP contribution >= 0.6 is 0 Å². The lowest BCUT2D eigenvalue weighted by molar-refractivity contribution is 0.414. The molecule has 0 saturated heterocycles. The second-order valence-corrected chi connectivity index (χ2v) is 5.76. The number of aryl methyl sites for hydroxylation is 1. The number of hydrogen-bond acceptors (Lipinski definition) is 4. The standard InChI is InChI=1S/C12H15N3O3S/c1-15-8-12(13-9-15)19(16,17)14-7-10-3-5-11(18-2)6-4-10/h3-6,8-9,14H,7H2,1-2H3. The molecule has 0 unspecified atom stereocenters. The second kappa shape index (κ2) is 5.41. The van der Waals surface area contributed by atoms with Crippen LogP contribution in [-0.2, 0) is 23.6 Å². The van der Waals surface area contributed by atoms with Gasteiger partial charge in [-0.3, -0.25) is 0 Å². The van der Waals surface area contributed by atoms with Crippen molar-refractivity contribution >= 4 is 10.0 Å². The molecule has 2 aromatic rings. The lowest BCUT2D eigenvalue weighted by Gasteiger charge is -2.05. The Morgan fingerprint density at radius 1 is 1.32 bits per heavy atom. The Morgan fingerprint density at radius 3 is 2.53 bits per heavy atom. The number of ether oxygens (including phenoxy) is 1. The van der Waals surface area contributed by atoms with Crippen LogP contribution in [0.4, 0.5) is 0 Å². The number of imidazole rings is 1. The second-order valence-electron chi connectivity index (χ2n) is 4.05. The van der Waals surface area contributed by atoms with E-state index in [4.69, 9.17) is 4.74 Å². The molecule has 0 aliphatic heterocycles. The van der Waals surface area contributed by atoms with Crippen LogP contribution in [0.15, 0.2) is 41.8 Å². The van der Waals surface area contributed by atoms with E-state index in [0.717, 1.165) is 11.3 Å². The van der Waals surface area contributed by atoms with Crippen molar-refractivity contribution in [2.45, 2.75) is 11.6 Å². The first-order chi connectivity index (χ1) is 9.01. The summed E-state index contributed by atoms with van der Waals surface area (Å²) >= 11 is 0. The molecule has 0 radical (unpaired) electrons. The van der Waals surface area contributed by atoms with Crippen LogP contribution in [-0.4, -0.2) is 25.1 Å². The quantitative estimate of drug-likeness (QED) is 0.884. The number of nitrogens with zero attached hydrogens (tertiary/aromatic N) is 2. The predicted molar refractivity (Wildman–Crippen MR) is 70.2 cm³/mol. The Balaban J connectivity index is 2.05. The zero-order valence-electron chi connectivity index (χ0n) is 10.7. The summed E-state index contributed by atoms with van der Waals surface area (Å²) in [4.78, 5) is 3.82. The molecule has 19 heavy (non-hydrogen) atoms. The van der Waals surface area contributed by atoms with E-state index in [2.05, 4.69) is 9.71 Å². The number of benzene rings is 1. The summed E-state index contributed by atoms with van der Waals surface area (Å²) in [7, 11) is -0.267. The molecule has 2 rings (SSSR count). The summed E-state index contributed by atoms with van der Waals surface area (Å²) in [5.74, 6) is 0.733.